The number of amides is 3. The van der Waals surface area contributed by atoms with Crippen molar-refractivity contribution < 1.29 is 50.2 Å². The molecule has 0 radical (unpaired) electrons. The van der Waals surface area contributed by atoms with Crippen LogP contribution in [0.5, 0.6) is 11.5 Å². The van der Waals surface area contributed by atoms with E-state index in [1.807, 2.05) is 9.44 Å². The van der Waals surface area contributed by atoms with Crippen LogP contribution in [-0.4, -0.2) is 36.2 Å². The number of thiol groups is 2. The lowest BCUT2D eigenvalue weighted by atomic mass is 10.0. The van der Waals surface area contributed by atoms with Crippen LogP contribution < -0.4 is 24.2 Å². The Kier molecular flexibility index (Phi) is 9.01. The topological polar surface area (TPSA) is 106 Å². The van der Waals surface area contributed by atoms with E-state index in [9.17, 15) is 40.7 Å². The van der Waals surface area contributed by atoms with Crippen molar-refractivity contribution in [3.63, 3.8) is 0 Å². The molecule has 0 saturated heterocycles. The van der Waals surface area contributed by atoms with Gasteiger partial charge >= 0.3 is 12.5 Å². The van der Waals surface area contributed by atoms with Crippen LogP contribution >= 0.6 is 25.6 Å². The molecular formula is C20H17F6N3O5S2. The molecule has 0 aliphatic rings. The fraction of sp³-hybridized carbons (Fsp3) is 0.250. The molecule has 0 aliphatic carbocycles. The maximum absolute atomic E-state index is 13.5. The summed E-state index contributed by atoms with van der Waals surface area (Å²) in [4.78, 5) is 36.6. The zero-order valence-corrected chi connectivity index (χ0v) is 19.7. The van der Waals surface area contributed by atoms with Crippen LogP contribution in [0.2, 0.25) is 0 Å². The van der Waals surface area contributed by atoms with Gasteiger partial charge in [0.1, 0.15) is 18.1 Å². The van der Waals surface area contributed by atoms with Crippen molar-refractivity contribution in [1.82, 2.24) is 14.8 Å². The standard InChI is InChI=1S/C20H17F6N3O5S2/c1-18(17(32)29-36,27-15(30)10-2-5-12(6-3-10)34-20(24,25)26)9-33-14-7-4-11(16(31)28-35)8-13(14)19(21,22)23/h2-8,35-36H,9H2,1H3,(H,27,30)(H,28,31)(H,29,32). The number of benzene rings is 2. The lowest BCUT2D eigenvalue weighted by Gasteiger charge is -2.29. The highest BCUT2D eigenvalue weighted by atomic mass is 32.1. The van der Waals surface area contributed by atoms with Crippen LogP contribution in [0.15, 0.2) is 42.5 Å². The van der Waals surface area contributed by atoms with Crippen molar-refractivity contribution in [3.05, 3.63) is 59.2 Å². The Morgan fingerprint density at radius 1 is 0.861 bits per heavy atom. The summed E-state index contributed by atoms with van der Waals surface area (Å²) < 4.78 is 90.2. The van der Waals surface area contributed by atoms with Gasteiger partial charge in [-0.3, -0.25) is 19.1 Å². The van der Waals surface area contributed by atoms with Crippen LogP contribution in [0.25, 0.3) is 0 Å². The molecule has 16 heteroatoms. The summed E-state index contributed by atoms with van der Waals surface area (Å²) in [6.07, 6.45) is -9.90. The van der Waals surface area contributed by atoms with Gasteiger partial charge in [0.2, 0.25) is 0 Å². The minimum atomic E-state index is -4.95. The molecule has 1 atom stereocenters. The summed E-state index contributed by atoms with van der Waals surface area (Å²) in [5, 5.41) is 2.25. The second-order valence-corrected chi connectivity index (χ2v) is 7.68. The first-order valence-electron chi connectivity index (χ1n) is 9.51. The number of carbonyl (C=O) groups is 3. The maximum atomic E-state index is 13.5. The number of hydrogen-bond acceptors (Lipinski definition) is 7. The molecule has 0 spiro atoms. The molecule has 0 aromatic heterocycles. The molecule has 36 heavy (non-hydrogen) atoms. The Morgan fingerprint density at radius 3 is 1.94 bits per heavy atom. The number of hydrogen-bond donors (Lipinski definition) is 5. The monoisotopic (exact) mass is 557 g/mol. The maximum Gasteiger partial charge on any atom is 0.573 e. The Balaban J connectivity index is 2.27. The summed E-state index contributed by atoms with van der Waals surface area (Å²) in [5.41, 5.74) is -3.89. The second kappa shape index (κ2) is 11.2. The molecule has 3 N–H and O–H groups in total. The van der Waals surface area contributed by atoms with E-state index in [4.69, 9.17) is 4.74 Å². The van der Waals surface area contributed by atoms with Crippen LogP contribution in [0.1, 0.15) is 33.2 Å². The van der Waals surface area contributed by atoms with Gasteiger partial charge in [0.25, 0.3) is 17.7 Å². The fourth-order valence-corrected chi connectivity index (χ4v) is 3.09. The molecule has 0 fully saturated rings. The number of ether oxygens (including phenoxy) is 2. The minimum Gasteiger partial charge on any atom is -0.490 e. The molecule has 8 nitrogen and oxygen atoms in total. The van der Waals surface area contributed by atoms with Crippen molar-refractivity contribution in [1.29, 1.82) is 0 Å². The molecule has 0 bridgehead atoms. The Bertz CT molecular complexity index is 1130. The van der Waals surface area contributed by atoms with E-state index in [1.54, 1.807) is 0 Å². The summed E-state index contributed by atoms with van der Waals surface area (Å²) in [7, 11) is 0. The van der Waals surface area contributed by atoms with E-state index in [0.717, 1.165) is 43.3 Å². The summed E-state index contributed by atoms with van der Waals surface area (Å²) >= 11 is 7.10. The van der Waals surface area contributed by atoms with Gasteiger partial charge in [-0.25, -0.2) is 0 Å². The third kappa shape index (κ3) is 7.61. The number of halogens is 6. The van der Waals surface area contributed by atoms with Gasteiger partial charge in [0.15, 0.2) is 5.54 Å². The van der Waals surface area contributed by atoms with Crippen LogP contribution in [-0.2, 0) is 11.0 Å². The number of carbonyl (C=O) groups excluding carboxylic acids is 3. The molecule has 2 aromatic rings. The van der Waals surface area contributed by atoms with Gasteiger partial charge in [0, 0.05) is 11.1 Å². The van der Waals surface area contributed by atoms with E-state index in [0.29, 0.717) is 6.07 Å². The van der Waals surface area contributed by atoms with Gasteiger partial charge in [0.05, 0.1) is 5.56 Å². The predicted molar refractivity (Wildman–Crippen MR) is 120 cm³/mol. The molecule has 196 valence electrons. The number of alkyl halides is 6. The first-order valence-corrected chi connectivity index (χ1v) is 10.4. The Labute approximate surface area is 210 Å². The van der Waals surface area contributed by atoms with Gasteiger partial charge in [-0.05, 0) is 49.4 Å². The molecule has 2 rings (SSSR count). The van der Waals surface area contributed by atoms with E-state index in [1.165, 1.54) is 0 Å². The average molecular weight is 557 g/mol. The summed E-state index contributed by atoms with van der Waals surface area (Å²) in [6, 6.07) is 6.05. The van der Waals surface area contributed by atoms with E-state index >= 15 is 0 Å². The van der Waals surface area contributed by atoms with E-state index in [-0.39, 0.29) is 11.1 Å². The van der Waals surface area contributed by atoms with Crippen molar-refractivity contribution in [2.24, 2.45) is 0 Å². The third-order valence-corrected chi connectivity index (χ3v) is 4.91. The highest BCUT2D eigenvalue weighted by molar-refractivity contribution is 7.79. The molecule has 1 unspecified atom stereocenters. The molecule has 0 aliphatic heterocycles. The van der Waals surface area contributed by atoms with Crippen LogP contribution in [0.3, 0.4) is 0 Å². The smallest absolute Gasteiger partial charge is 0.490 e. The van der Waals surface area contributed by atoms with Crippen molar-refractivity contribution in [2.75, 3.05) is 6.61 Å². The lowest BCUT2D eigenvalue weighted by molar-refractivity contribution is -0.274. The zero-order valence-electron chi connectivity index (χ0n) is 18.0. The Hall–Kier alpha value is -3.27. The SMILES string of the molecule is CC(COc1ccc(C(=O)NS)cc1C(F)(F)F)(NC(=O)c1ccc(OC(F)(F)F)cc1)C(=O)NS. The van der Waals surface area contributed by atoms with Gasteiger partial charge < -0.3 is 19.5 Å². The third-order valence-electron chi connectivity index (χ3n) is 4.51. The number of nitrogens with one attached hydrogen (secondary N) is 3. The van der Waals surface area contributed by atoms with Crippen LogP contribution in [0, 0.1) is 0 Å². The largest absolute Gasteiger partial charge is 0.573 e. The molecule has 0 heterocycles. The second-order valence-electron chi connectivity index (χ2n) is 7.24. The van der Waals surface area contributed by atoms with Crippen molar-refractivity contribution in [3.8, 4) is 11.5 Å². The average Bonchev–Trinajstić information content (AvgIpc) is 2.80. The first-order chi connectivity index (χ1) is 16.6. The lowest BCUT2D eigenvalue weighted by Crippen LogP contribution is -2.59. The van der Waals surface area contributed by atoms with Crippen LogP contribution in [0.4, 0.5) is 26.3 Å². The fourth-order valence-electron chi connectivity index (χ4n) is 2.72. The molecule has 0 saturated carbocycles. The highest BCUT2D eigenvalue weighted by Gasteiger charge is 2.39. The minimum absolute atomic E-state index is 0.194. The highest BCUT2D eigenvalue weighted by Crippen LogP contribution is 2.37. The van der Waals surface area contributed by atoms with Gasteiger partial charge in [-0.1, -0.05) is 25.6 Å². The quantitative estimate of drug-likeness (QED) is 0.252. The van der Waals surface area contributed by atoms with Crippen molar-refractivity contribution in [2.45, 2.75) is 25.0 Å². The van der Waals surface area contributed by atoms with Crippen molar-refractivity contribution >= 4 is 43.4 Å². The van der Waals surface area contributed by atoms with Gasteiger partial charge in [-0.2, -0.15) is 13.2 Å². The molecule has 3 amide bonds. The van der Waals surface area contributed by atoms with E-state index in [2.05, 4.69) is 35.7 Å². The van der Waals surface area contributed by atoms with E-state index < -0.39 is 59.5 Å². The first kappa shape index (κ1) is 29.0. The summed E-state index contributed by atoms with van der Waals surface area (Å²) in [6.45, 7) is 0.287. The number of rotatable bonds is 8. The normalized spacial score (nSPS) is 13.2. The Morgan fingerprint density at radius 2 is 1.44 bits per heavy atom. The summed E-state index contributed by atoms with van der Waals surface area (Å²) in [5.74, 6) is -4.20. The zero-order chi connectivity index (χ0) is 27.3. The predicted octanol–water partition coefficient (Wildman–Crippen LogP) is 3.71. The van der Waals surface area contributed by atoms with Gasteiger partial charge in [-0.15, -0.1) is 13.2 Å². The molecule has 2 aromatic carbocycles. The molecular weight excluding hydrogens is 540 g/mol.